The molecule has 2 aromatic rings. The molecule has 2 rings (SSSR count). The molecule has 0 aliphatic heterocycles. The van der Waals surface area contributed by atoms with Crippen molar-refractivity contribution in [2.45, 2.75) is 6.54 Å². The van der Waals surface area contributed by atoms with E-state index in [1.165, 1.54) is 15.8 Å². The lowest BCUT2D eigenvalue weighted by Gasteiger charge is -2.14. The van der Waals surface area contributed by atoms with Gasteiger partial charge in [0, 0.05) is 33.5 Å². The van der Waals surface area contributed by atoms with Gasteiger partial charge in [-0.05, 0) is 6.07 Å². The molecule has 0 bridgehead atoms. The summed E-state index contributed by atoms with van der Waals surface area (Å²) in [4.78, 5) is 24.7. The number of aromatic carboxylic acids is 1. The molecule has 1 N–H and O–H groups in total. The van der Waals surface area contributed by atoms with Gasteiger partial charge < -0.3 is 10.0 Å². The molecule has 2 aromatic heterocycles. The zero-order valence-corrected chi connectivity index (χ0v) is 11.4. The highest BCUT2D eigenvalue weighted by molar-refractivity contribution is 6.03. The van der Waals surface area contributed by atoms with E-state index >= 15 is 0 Å². The average Bonchev–Trinajstić information content (AvgIpc) is 2.94. The number of aromatic nitrogens is 4. The Balaban J connectivity index is 2.20. The number of carboxylic acid groups (broad SMARTS) is 1. The lowest BCUT2D eigenvalue weighted by Crippen LogP contribution is -2.28. The molecular formula is C12H15N5O3. The molecule has 0 aliphatic carbocycles. The molecule has 0 radical (unpaired) electrons. The van der Waals surface area contributed by atoms with Crippen LogP contribution in [-0.2, 0) is 20.6 Å². The van der Waals surface area contributed by atoms with Gasteiger partial charge in [-0.2, -0.15) is 10.2 Å². The Hall–Kier alpha value is -2.64. The summed E-state index contributed by atoms with van der Waals surface area (Å²) < 4.78 is 2.95. The first-order valence-electron chi connectivity index (χ1n) is 5.89. The van der Waals surface area contributed by atoms with E-state index < -0.39 is 11.9 Å². The third-order valence-corrected chi connectivity index (χ3v) is 2.78. The predicted octanol–water partition coefficient (Wildman–Crippen LogP) is 0.124. The van der Waals surface area contributed by atoms with E-state index in [0.717, 1.165) is 5.69 Å². The predicted molar refractivity (Wildman–Crippen MR) is 69.2 cm³/mol. The van der Waals surface area contributed by atoms with Crippen molar-refractivity contribution in [2.24, 2.45) is 14.1 Å². The third kappa shape index (κ3) is 2.68. The Labute approximate surface area is 115 Å². The van der Waals surface area contributed by atoms with Crippen molar-refractivity contribution in [2.75, 3.05) is 7.05 Å². The number of hydrogen-bond acceptors (Lipinski definition) is 4. The topological polar surface area (TPSA) is 93.3 Å². The van der Waals surface area contributed by atoms with E-state index in [0.29, 0.717) is 0 Å². The summed E-state index contributed by atoms with van der Waals surface area (Å²) >= 11 is 0. The van der Waals surface area contributed by atoms with E-state index in [4.69, 9.17) is 5.11 Å². The van der Waals surface area contributed by atoms with Crippen LogP contribution >= 0.6 is 0 Å². The van der Waals surface area contributed by atoms with Gasteiger partial charge in [0.05, 0.1) is 12.2 Å². The summed E-state index contributed by atoms with van der Waals surface area (Å²) in [6.45, 7) is 0.287. The van der Waals surface area contributed by atoms with Crippen molar-refractivity contribution in [1.82, 2.24) is 24.5 Å². The maximum atomic E-state index is 12.2. The number of nitrogens with zero attached hydrogens (tertiary/aromatic N) is 5. The minimum atomic E-state index is -1.17. The van der Waals surface area contributed by atoms with Crippen molar-refractivity contribution in [3.8, 4) is 0 Å². The molecule has 0 fully saturated rings. The number of hydrogen-bond donors (Lipinski definition) is 1. The summed E-state index contributed by atoms with van der Waals surface area (Å²) in [5.74, 6) is -1.62. The average molecular weight is 277 g/mol. The number of amides is 1. The van der Waals surface area contributed by atoms with Crippen LogP contribution in [0.2, 0.25) is 0 Å². The summed E-state index contributed by atoms with van der Waals surface area (Å²) in [6, 6.07) is 1.79. The van der Waals surface area contributed by atoms with Gasteiger partial charge in [-0.25, -0.2) is 4.79 Å². The van der Waals surface area contributed by atoms with Gasteiger partial charge in [0.25, 0.3) is 5.91 Å². The molecule has 0 unspecified atom stereocenters. The molecule has 20 heavy (non-hydrogen) atoms. The number of rotatable bonds is 4. The standard InChI is InChI=1S/C12H15N5O3/c1-15(6-8-4-5-16(2)13-8)11(18)10-9(12(19)20)7-17(3)14-10/h4-5,7H,6H2,1-3H3,(H,19,20). The molecule has 0 atom stereocenters. The molecule has 0 saturated heterocycles. The highest BCUT2D eigenvalue weighted by atomic mass is 16.4. The Bertz CT molecular complexity index is 658. The number of carboxylic acids is 1. The van der Waals surface area contributed by atoms with Gasteiger partial charge in [0.2, 0.25) is 0 Å². The van der Waals surface area contributed by atoms with Crippen LogP contribution in [0.1, 0.15) is 26.5 Å². The largest absolute Gasteiger partial charge is 0.478 e. The lowest BCUT2D eigenvalue weighted by molar-refractivity contribution is 0.0679. The monoisotopic (exact) mass is 277 g/mol. The summed E-state index contributed by atoms with van der Waals surface area (Å²) in [7, 11) is 4.94. The highest BCUT2D eigenvalue weighted by Crippen LogP contribution is 2.11. The van der Waals surface area contributed by atoms with E-state index in [9.17, 15) is 9.59 Å². The zero-order valence-electron chi connectivity index (χ0n) is 11.4. The summed E-state index contributed by atoms with van der Waals surface area (Å²) in [5.41, 5.74) is 0.542. The van der Waals surface area contributed by atoms with Crippen molar-refractivity contribution in [3.63, 3.8) is 0 Å². The second-order valence-electron chi connectivity index (χ2n) is 4.51. The molecule has 0 saturated carbocycles. The second kappa shape index (κ2) is 5.16. The van der Waals surface area contributed by atoms with Crippen LogP contribution in [0.4, 0.5) is 0 Å². The van der Waals surface area contributed by atoms with E-state index in [1.807, 2.05) is 0 Å². The molecule has 106 valence electrons. The van der Waals surface area contributed by atoms with Gasteiger partial charge >= 0.3 is 5.97 Å². The Morgan fingerprint density at radius 1 is 1.30 bits per heavy atom. The van der Waals surface area contributed by atoms with Crippen LogP contribution in [0.3, 0.4) is 0 Å². The minimum Gasteiger partial charge on any atom is -0.478 e. The second-order valence-corrected chi connectivity index (χ2v) is 4.51. The fraction of sp³-hybridized carbons (Fsp3) is 0.333. The normalized spacial score (nSPS) is 10.6. The zero-order chi connectivity index (χ0) is 14.9. The maximum Gasteiger partial charge on any atom is 0.339 e. The first-order valence-corrected chi connectivity index (χ1v) is 5.89. The van der Waals surface area contributed by atoms with Crippen molar-refractivity contribution >= 4 is 11.9 Å². The molecule has 2 heterocycles. The third-order valence-electron chi connectivity index (χ3n) is 2.78. The molecule has 0 spiro atoms. The quantitative estimate of drug-likeness (QED) is 0.857. The minimum absolute atomic E-state index is 0.0709. The highest BCUT2D eigenvalue weighted by Gasteiger charge is 2.24. The maximum absolute atomic E-state index is 12.2. The molecule has 8 nitrogen and oxygen atoms in total. The van der Waals surface area contributed by atoms with Gasteiger partial charge in [-0.15, -0.1) is 0 Å². The smallest absolute Gasteiger partial charge is 0.339 e. The van der Waals surface area contributed by atoms with E-state index in [2.05, 4.69) is 10.2 Å². The van der Waals surface area contributed by atoms with Crippen LogP contribution in [0, 0.1) is 0 Å². The van der Waals surface area contributed by atoms with Crippen LogP contribution in [-0.4, -0.2) is 48.5 Å². The van der Waals surface area contributed by atoms with Crippen molar-refractivity contribution in [1.29, 1.82) is 0 Å². The molecule has 0 aliphatic rings. The lowest BCUT2D eigenvalue weighted by atomic mass is 10.2. The molecule has 1 amide bonds. The Morgan fingerprint density at radius 3 is 2.55 bits per heavy atom. The molecule has 8 heteroatoms. The van der Waals surface area contributed by atoms with Gasteiger partial charge in [0.15, 0.2) is 5.69 Å². The summed E-state index contributed by atoms with van der Waals surface area (Å²) in [6.07, 6.45) is 3.08. The van der Waals surface area contributed by atoms with Crippen molar-refractivity contribution < 1.29 is 14.7 Å². The first kappa shape index (κ1) is 13.8. The van der Waals surface area contributed by atoms with Crippen LogP contribution < -0.4 is 0 Å². The van der Waals surface area contributed by atoms with Gasteiger partial charge in [-0.3, -0.25) is 14.2 Å². The number of aryl methyl sites for hydroxylation is 2. The number of carbonyl (C=O) groups excluding carboxylic acids is 1. The summed E-state index contributed by atoms with van der Waals surface area (Å²) in [5, 5.41) is 17.2. The van der Waals surface area contributed by atoms with E-state index in [1.54, 1.807) is 38.1 Å². The number of carbonyl (C=O) groups is 2. The fourth-order valence-corrected chi connectivity index (χ4v) is 1.85. The van der Waals surface area contributed by atoms with E-state index in [-0.39, 0.29) is 17.8 Å². The van der Waals surface area contributed by atoms with Crippen molar-refractivity contribution in [3.05, 3.63) is 35.4 Å². The SMILES string of the molecule is CN(Cc1ccn(C)n1)C(=O)c1nn(C)cc1C(=O)O. The molecular weight excluding hydrogens is 262 g/mol. The fourth-order valence-electron chi connectivity index (χ4n) is 1.85. The Kier molecular flexibility index (Phi) is 3.55. The van der Waals surface area contributed by atoms with Crippen LogP contribution in [0.15, 0.2) is 18.5 Å². The molecule has 0 aromatic carbocycles. The van der Waals surface area contributed by atoms with Gasteiger partial charge in [0.1, 0.15) is 5.56 Å². The van der Waals surface area contributed by atoms with Gasteiger partial charge in [-0.1, -0.05) is 0 Å². The van der Waals surface area contributed by atoms with Crippen LogP contribution in [0.25, 0.3) is 0 Å². The Morgan fingerprint density at radius 2 is 2.00 bits per heavy atom. The van der Waals surface area contributed by atoms with Crippen LogP contribution in [0.5, 0.6) is 0 Å². The first-order chi connectivity index (χ1) is 9.38.